The van der Waals surface area contributed by atoms with Gasteiger partial charge in [0.2, 0.25) is 5.91 Å². The van der Waals surface area contributed by atoms with Crippen LogP contribution in [0.25, 0.3) is 0 Å². The van der Waals surface area contributed by atoms with Gasteiger partial charge in [0.05, 0.1) is 5.92 Å². The van der Waals surface area contributed by atoms with E-state index in [-0.39, 0.29) is 5.56 Å². The fraction of sp³-hybridized carbons (Fsp3) is 0.300. The molecule has 0 bridgehead atoms. The van der Waals surface area contributed by atoms with Crippen molar-refractivity contribution in [2.75, 3.05) is 7.05 Å². The van der Waals surface area contributed by atoms with Crippen LogP contribution in [0.4, 0.5) is 8.78 Å². The quantitative estimate of drug-likeness (QED) is 0.745. The van der Waals surface area contributed by atoms with Gasteiger partial charge in [-0.2, -0.15) is 0 Å². The highest BCUT2D eigenvalue weighted by Crippen LogP contribution is 2.19. The van der Waals surface area contributed by atoms with E-state index in [1.54, 1.807) is 0 Å². The Balaban J connectivity index is 2.94. The van der Waals surface area contributed by atoms with Crippen molar-refractivity contribution in [1.29, 1.82) is 0 Å². The molecule has 0 saturated carbocycles. The Morgan fingerprint density at radius 1 is 1.40 bits per heavy atom. The summed E-state index contributed by atoms with van der Waals surface area (Å²) in [6.45, 7) is 1.50. The van der Waals surface area contributed by atoms with Crippen LogP contribution in [0.15, 0.2) is 18.2 Å². The molecule has 0 saturated heterocycles. The fourth-order valence-corrected chi connectivity index (χ4v) is 1.22. The highest BCUT2D eigenvalue weighted by molar-refractivity contribution is 5.82. The Labute approximate surface area is 86.5 Å². The number of hydrazine groups is 1. The molecule has 0 aromatic heterocycles. The molecule has 0 radical (unpaired) electrons. The van der Waals surface area contributed by atoms with Crippen LogP contribution in [0.3, 0.4) is 0 Å². The first-order valence-corrected chi connectivity index (χ1v) is 4.47. The minimum Gasteiger partial charge on any atom is -0.291 e. The molecule has 5 heteroatoms. The number of benzene rings is 1. The second kappa shape index (κ2) is 4.84. The zero-order valence-corrected chi connectivity index (χ0v) is 8.47. The van der Waals surface area contributed by atoms with Gasteiger partial charge >= 0.3 is 0 Å². The van der Waals surface area contributed by atoms with E-state index < -0.39 is 23.5 Å². The van der Waals surface area contributed by atoms with Gasteiger partial charge in [-0.15, -0.1) is 0 Å². The molecule has 1 aromatic carbocycles. The van der Waals surface area contributed by atoms with Gasteiger partial charge < -0.3 is 0 Å². The zero-order valence-electron chi connectivity index (χ0n) is 8.47. The fourth-order valence-electron chi connectivity index (χ4n) is 1.22. The van der Waals surface area contributed by atoms with Crippen LogP contribution in [0.1, 0.15) is 18.4 Å². The van der Waals surface area contributed by atoms with E-state index in [4.69, 9.17) is 0 Å². The number of hydrogen-bond donors (Lipinski definition) is 2. The Morgan fingerprint density at radius 3 is 2.67 bits per heavy atom. The molecule has 1 atom stereocenters. The van der Waals surface area contributed by atoms with Crippen LogP contribution in [0.2, 0.25) is 0 Å². The van der Waals surface area contributed by atoms with E-state index in [0.29, 0.717) is 0 Å². The lowest BCUT2D eigenvalue weighted by Gasteiger charge is -2.12. The van der Waals surface area contributed by atoms with Gasteiger partial charge in [-0.1, -0.05) is 0 Å². The van der Waals surface area contributed by atoms with Crippen molar-refractivity contribution in [2.24, 2.45) is 0 Å². The average molecular weight is 214 g/mol. The van der Waals surface area contributed by atoms with Crippen molar-refractivity contribution in [3.63, 3.8) is 0 Å². The molecule has 0 heterocycles. The van der Waals surface area contributed by atoms with E-state index in [2.05, 4.69) is 10.9 Å². The Morgan fingerprint density at radius 2 is 2.07 bits per heavy atom. The van der Waals surface area contributed by atoms with E-state index in [1.807, 2.05) is 0 Å². The van der Waals surface area contributed by atoms with Crippen molar-refractivity contribution in [2.45, 2.75) is 12.8 Å². The van der Waals surface area contributed by atoms with Gasteiger partial charge in [-0.25, -0.2) is 14.2 Å². The number of halogens is 2. The molecule has 0 aliphatic carbocycles. The van der Waals surface area contributed by atoms with Crippen LogP contribution < -0.4 is 10.9 Å². The van der Waals surface area contributed by atoms with E-state index in [0.717, 1.165) is 18.2 Å². The number of amides is 1. The summed E-state index contributed by atoms with van der Waals surface area (Å²) in [6.07, 6.45) is 0. The highest BCUT2D eigenvalue weighted by atomic mass is 19.1. The summed E-state index contributed by atoms with van der Waals surface area (Å²) in [5.41, 5.74) is 4.79. The third kappa shape index (κ3) is 2.73. The Kier molecular flexibility index (Phi) is 3.74. The van der Waals surface area contributed by atoms with Gasteiger partial charge in [0.15, 0.2) is 0 Å². The topological polar surface area (TPSA) is 41.1 Å². The van der Waals surface area contributed by atoms with Crippen molar-refractivity contribution >= 4 is 5.91 Å². The van der Waals surface area contributed by atoms with Crippen LogP contribution in [0.5, 0.6) is 0 Å². The van der Waals surface area contributed by atoms with E-state index in [9.17, 15) is 13.6 Å². The van der Waals surface area contributed by atoms with Crippen molar-refractivity contribution < 1.29 is 13.6 Å². The largest absolute Gasteiger partial charge is 0.291 e. The first-order valence-electron chi connectivity index (χ1n) is 4.47. The smallest absolute Gasteiger partial charge is 0.241 e. The summed E-state index contributed by atoms with van der Waals surface area (Å²) in [4.78, 5) is 11.3. The molecule has 3 nitrogen and oxygen atoms in total. The molecule has 1 aromatic rings. The molecule has 1 unspecified atom stereocenters. The van der Waals surface area contributed by atoms with Gasteiger partial charge in [0.1, 0.15) is 11.6 Å². The first-order chi connectivity index (χ1) is 7.06. The predicted octanol–water partition coefficient (Wildman–Crippen LogP) is 1.32. The molecule has 0 fully saturated rings. The molecule has 0 aliphatic heterocycles. The zero-order chi connectivity index (χ0) is 11.4. The molecular weight excluding hydrogens is 202 g/mol. The standard InChI is InChI=1S/C10H12F2N2O/c1-6(10(15)14-13-2)8-5-7(11)3-4-9(8)12/h3-6,13H,1-2H3,(H,14,15). The molecule has 0 spiro atoms. The maximum Gasteiger partial charge on any atom is 0.241 e. The van der Waals surface area contributed by atoms with Gasteiger partial charge in [0, 0.05) is 12.6 Å². The van der Waals surface area contributed by atoms with Crippen molar-refractivity contribution in [3.8, 4) is 0 Å². The summed E-state index contributed by atoms with van der Waals surface area (Å²) in [7, 11) is 1.52. The predicted molar refractivity (Wildman–Crippen MR) is 52.0 cm³/mol. The maximum absolute atomic E-state index is 13.3. The van der Waals surface area contributed by atoms with Crippen LogP contribution >= 0.6 is 0 Å². The lowest BCUT2D eigenvalue weighted by Crippen LogP contribution is -2.37. The summed E-state index contributed by atoms with van der Waals surface area (Å²) < 4.78 is 26.1. The molecule has 1 amide bonds. The molecular formula is C10H12F2N2O. The third-order valence-corrected chi connectivity index (χ3v) is 2.07. The molecule has 1 rings (SSSR count). The monoisotopic (exact) mass is 214 g/mol. The third-order valence-electron chi connectivity index (χ3n) is 2.07. The second-order valence-electron chi connectivity index (χ2n) is 3.13. The number of carbonyl (C=O) groups excluding carboxylic acids is 1. The summed E-state index contributed by atoms with van der Waals surface area (Å²) in [5, 5.41) is 0. The Hall–Kier alpha value is -1.49. The summed E-state index contributed by atoms with van der Waals surface area (Å²) in [6, 6.07) is 3.05. The van der Waals surface area contributed by atoms with E-state index in [1.165, 1.54) is 14.0 Å². The van der Waals surface area contributed by atoms with Crippen LogP contribution in [-0.2, 0) is 4.79 Å². The SMILES string of the molecule is CNNC(=O)C(C)c1cc(F)ccc1F. The van der Waals surface area contributed by atoms with Crippen molar-refractivity contribution in [3.05, 3.63) is 35.4 Å². The normalized spacial score (nSPS) is 12.3. The second-order valence-corrected chi connectivity index (χ2v) is 3.13. The van der Waals surface area contributed by atoms with Gasteiger partial charge in [-0.3, -0.25) is 10.2 Å². The van der Waals surface area contributed by atoms with Gasteiger partial charge in [0.25, 0.3) is 0 Å². The molecule has 15 heavy (non-hydrogen) atoms. The van der Waals surface area contributed by atoms with Crippen LogP contribution in [0, 0.1) is 11.6 Å². The molecule has 0 aliphatic rings. The Bertz CT molecular complexity index is 368. The van der Waals surface area contributed by atoms with Gasteiger partial charge in [-0.05, 0) is 25.1 Å². The summed E-state index contributed by atoms with van der Waals surface area (Å²) >= 11 is 0. The lowest BCUT2D eigenvalue weighted by molar-refractivity contribution is -0.123. The number of carbonyl (C=O) groups is 1. The number of rotatable bonds is 3. The minimum atomic E-state index is -0.742. The number of nitrogens with one attached hydrogen (secondary N) is 2. The number of hydrogen-bond acceptors (Lipinski definition) is 2. The van der Waals surface area contributed by atoms with E-state index >= 15 is 0 Å². The molecule has 82 valence electrons. The summed E-state index contributed by atoms with van der Waals surface area (Å²) in [5.74, 6) is -2.30. The molecule has 2 N–H and O–H groups in total. The lowest BCUT2D eigenvalue weighted by atomic mass is 10.00. The highest BCUT2D eigenvalue weighted by Gasteiger charge is 2.18. The van der Waals surface area contributed by atoms with Crippen LogP contribution in [-0.4, -0.2) is 13.0 Å². The first kappa shape index (κ1) is 11.6. The average Bonchev–Trinajstić information content (AvgIpc) is 2.21. The minimum absolute atomic E-state index is 0.0442. The van der Waals surface area contributed by atoms with Crippen molar-refractivity contribution in [1.82, 2.24) is 10.9 Å². The maximum atomic E-state index is 13.3.